The van der Waals surface area contributed by atoms with E-state index >= 15 is 0 Å². The lowest BCUT2D eigenvalue weighted by molar-refractivity contribution is -0.113. The number of hydrogen-bond donors (Lipinski definition) is 1. The van der Waals surface area contributed by atoms with Gasteiger partial charge >= 0.3 is 0 Å². The summed E-state index contributed by atoms with van der Waals surface area (Å²) in [4.78, 5) is 13.1. The minimum absolute atomic E-state index is 0.00702. The van der Waals surface area contributed by atoms with Crippen LogP contribution in [0, 0.1) is 13.8 Å². The highest BCUT2D eigenvalue weighted by Gasteiger charge is 2.07. The van der Waals surface area contributed by atoms with E-state index in [4.69, 9.17) is 4.74 Å². The van der Waals surface area contributed by atoms with E-state index in [0.717, 1.165) is 21.9 Å². The van der Waals surface area contributed by atoms with Crippen LogP contribution < -0.4 is 10.1 Å². The largest absolute Gasteiger partial charge is 0.494 e. The number of hydrogen-bond acceptors (Lipinski definition) is 3. The SMILES string of the molecule is CCOc1ccc(SCC(=O)Nc2cccc(C)c2C)cc1. The van der Waals surface area contributed by atoms with Crippen molar-refractivity contribution in [3.63, 3.8) is 0 Å². The molecule has 4 heteroatoms. The fourth-order valence-corrected chi connectivity index (χ4v) is 2.72. The molecule has 0 atom stereocenters. The molecule has 2 rings (SSSR count). The van der Waals surface area contributed by atoms with E-state index in [9.17, 15) is 4.79 Å². The van der Waals surface area contributed by atoms with Crippen molar-refractivity contribution in [3.05, 3.63) is 53.6 Å². The van der Waals surface area contributed by atoms with Gasteiger partial charge in [0.15, 0.2) is 0 Å². The van der Waals surface area contributed by atoms with Gasteiger partial charge in [-0.25, -0.2) is 0 Å². The highest BCUT2D eigenvalue weighted by atomic mass is 32.2. The molecule has 116 valence electrons. The Labute approximate surface area is 136 Å². The number of amides is 1. The van der Waals surface area contributed by atoms with Crippen molar-refractivity contribution < 1.29 is 9.53 Å². The van der Waals surface area contributed by atoms with Gasteiger partial charge in [0, 0.05) is 10.6 Å². The van der Waals surface area contributed by atoms with Gasteiger partial charge in [0.25, 0.3) is 0 Å². The Balaban J connectivity index is 1.88. The smallest absolute Gasteiger partial charge is 0.234 e. The minimum atomic E-state index is 0.00702. The molecular weight excluding hydrogens is 294 g/mol. The van der Waals surface area contributed by atoms with E-state index in [-0.39, 0.29) is 5.91 Å². The third-order valence-electron chi connectivity index (χ3n) is 3.38. The number of aryl methyl sites for hydroxylation is 1. The van der Waals surface area contributed by atoms with Gasteiger partial charge in [0.1, 0.15) is 5.75 Å². The van der Waals surface area contributed by atoms with E-state index in [1.165, 1.54) is 17.3 Å². The lowest BCUT2D eigenvalue weighted by Gasteiger charge is -2.10. The van der Waals surface area contributed by atoms with Gasteiger partial charge < -0.3 is 10.1 Å². The van der Waals surface area contributed by atoms with Crippen LogP contribution in [0.5, 0.6) is 5.75 Å². The first-order valence-electron chi connectivity index (χ1n) is 7.32. The molecule has 0 aliphatic heterocycles. The Morgan fingerprint density at radius 3 is 2.55 bits per heavy atom. The number of benzene rings is 2. The Hall–Kier alpha value is -1.94. The third kappa shape index (κ3) is 4.53. The summed E-state index contributed by atoms with van der Waals surface area (Å²) >= 11 is 1.52. The summed E-state index contributed by atoms with van der Waals surface area (Å²) in [6, 6.07) is 13.7. The molecule has 3 nitrogen and oxygen atoms in total. The number of anilines is 1. The zero-order valence-corrected chi connectivity index (χ0v) is 14.0. The Morgan fingerprint density at radius 1 is 1.14 bits per heavy atom. The fraction of sp³-hybridized carbons (Fsp3) is 0.278. The highest BCUT2D eigenvalue weighted by Crippen LogP contribution is 2.22. The normalized spacial score (nSPS) is 10.3. The Bertz CT molecular complexity index is 638. The summed E-state index contributed by atoms with van der Waals surface area (Å²) in [5.74, 6) is 1.25. The predicted molar refractivity (Wildman–Crippen MR) is 92.9 cm³/mol. The van der Waals surface area contributed by atoms with Crippen LogP contribution in [0.25, 0.3) is 0 Å². The molecule has 0 bridgehead atoms. The predicted octanol–water partition coefficient (Wildman–Crippen LogP) is 4.43. The molecule has 2 aromatic carbocycles. The number of rotatable bonds is 6. The van der Waals surface area contributed by atoms with Crippen LogP contribution in [0.3, 0.4) is 0 Å². The standard InChI is InChI=1S/C18H21NO2S/c1-4-21-15-8-10-16(11-9-15)22-12-18(20)19-17-7-5-6-13(2)14(17)3/h5-11H,4,12H2,1-3H3,(H,19,20). The van der Waals surface area contributed by atoms with Crippen molar-refractivity contribution in [2.45, 2.75) is 25.7 Å². The maximum atomic E-state index is 12.1. The minimum Gasteiger partial charge on any atom is -0.494 e. The Morgan fingerprint density at radius 2 is 1.86 bits per heavy atom. The summed E-state index contributed by atoms with van der Waals surface area (Å²) in [5.41, 5.74) is 3.18. The summed E-state index contributed by atoms with van der Waals surface area (Å²) in [7, 11) is 0. The second-order valence-electron chi connectivity index (χ2n) is 4.99. The van der Waals surface area contributed by atoms with Crippen LogP contribution in [0.1, 0.15) is 18.1 Å². The molecule has 22 heavy (non-hydrogen) atoms. The molecule has 0 unspecified atom stereocenters. The van der Waals surface area contributed by atoms with Gasteiger partial charge in [0.2, 0.25) is 5.91 Å². The number of thioether (sulfide) groups is 1. The number of carbonyl (C=O) groups excluding carboxylic acids is 1. The monoisotopic (exact) mass is 315 g/mol. The van der Waals surface area contributed by atoms with Gasteiger partial charge in [-0.1, -0.05) is 12.1 Å². The zero-order chi connectivity index (χ0) is 15.9. The van der Waals surface area contributed by atoms with Crippen LogP contribution in [0.15, 0.2) is 47.4 Å². The number of ether oxygens (including phenoxy) is 1. The molecule has 0 heterocycles. The van der Waals surface area contributed by atoms with Crippen molar-refractivity contribution in [3.8, 4) is 5.75 Å². The zero-order valence-electron chi connectivity index (χ0n) is 13.2. The second-order valence-corrected chi connectivity index (χ2v) is 6.04. The average Bonchev–Trinajstić information content (AvgIpc) is 2.51. The average molecular weight is 315 g/mol. The van der Waals surface area contributed by atoms with E-state index < -0.39 is 0 Å². The second kappa shape index (κ2) is 7.90. The van der Waals surface area contributed by atoms with Gasteiger partial charge in [-0.15, -0.1) is 11.8 Å². The molecule has 2 aromatic rings. The molecule has 0 saturated carbocycles. The number of carbonyl (C=O) groups is 1. The molecule has 0 radical (unpaired) electrons. The molecule has 0 aliphatic carbocycles. The molecule has 1 amide bonds. The van der Waals surface area contributed by atoms with Crippen molar-refractivity contribution in [1.29, 1.82) is 0 Å². The molecule has 0 aromatic heterocycles. The van der Waals surface area contributed by atoms with Crippen molar-refractivity contribution in [1.82, 2.24) is 0 Å². The quantitative estimate of drug-likeness (QED) is 0.801. The molecule has 0 spiro atoms. The van der Waals surface area contributed by atoms with Crippen molar-refractivity contribution in [2.24, 2.45) is 0 Å². The van der Waals surface area contributed by atoms with Crippen molar-refractivity contribution in [2.75, 3.05) is 17.7 Å². The van der Waals surface area contributed by atoms with E-state index in [2.05, 4.69) is 5.32 Å². The molecule has 1 N–H and O–H groups in total. The van der Waals surface area contributed by atoms with Crippen LogP contribution in [-0.2, 0) is 4.79 Å². The van der Waals surface area contributed by atoms with Crippen LogP contribution in [-0.4, -0.2) is 18.3 Å². The highest BCUT2D eigenvalue weighted by molar-refractivity contribution is 8.00. The van der Waals surface area contributed by atoms with Gasteiger partial charge in [-0.05, 0) is 62.2 Å². The maximum absolute atomic E-state index is 12.1. The number of nitrogens with one attached hydrogen (secondary N) is 1. The lowest BCUT2D eigenvalue weighted by Crippen LogP contribution is -2.15. The molecule has 0 aliphatic rings. The molecule has 0 saturated heterocycles. The first kappa shape index (κ1) is 16.4. The maximum Gasteiger partial charge on any atom is 0.234 e. The van der Waals surface area contributed by atoms with E-state index in [1.807, 2.05) is 63.2 Å². The van der Waals surface area contributed by atoms with Gasteiger partial charge in [0.05, 0.1) is 12.4 Å². The first-order valence-corrected chi connectivity index (χ1v) is 8.30. The molecule has 0 fully saturated rings. The summed E-state index contributed by atoms with van der Waals surface area (Å²) in [6.07, 6.45) is 0. The summed E-state index contributed by atoms with van der Waals surface area (Å²) in [5, 5.41) is 2.97. The Kier molecular flexibility index (Phi) is 5.90. The molecular formula is C18H21NO2S. The first-order chi connectivity index (χ1) is 10.6. The third-order valence-corrected chi connectivity index (χ3v) is 4.40. The van der Waals surface area contributed by atoms with Crippen LogP contribution >= 0.6 is 11.8 Å². The van der Waals surface area contributed by atoms with Crippen molar-refractivity contribution >= 4 is 23.4 Å². The van der Waals surface area contributed by atoms with Crippen LogP contribution in [0.4, 0.5) is 5.69 Å². The van der Waals surface area contributed by atoms with E-state index in [1.54, 1.807) is 0 Å². The van der Waals surface area contributed by atoms with Gasteiger partial charge in [-0.2, -0.15) is 0 Å². The lowest BCUT2D eigenvalue weighted by atomic mass is 10.1. The van der Waals surface area contributed by atoms with Crippen LogP contribution in [0.2, 0.25) is 0 Å². The fourth-order valence-electron chi connectivity index (χ4n) is 2.02. The topological polar surface area (TPSA) is 38.3 Å². The summed E-state index contributed by atoms with van der Waals surface area (Å²) in [6.45, 7) is 6.68. The van der Waals surface area contributed by atoms with Gasteiger partial charge in [-0.3, -0.25) is 4.79 Å². The van der Waals surface area contributed by atoms with E-state index in [0.29, 0.717) is 12.4 Å². The summed E-state index contributed by atoms with van der Waals surface area (Å²) < 4.78 is 5.40.